The molecule has 2 amide bonds. The number of esters is 1. The van der Waals surface area contributed by atoms with E-state index in [-0.39, 0.29) is 12.5 Å². The first-order valence-corrected chi connectivity index (χ1v) is 9.45. The highest BCUT2D eigenvalue weighted by molar-refractivity contribution is 5.96. The number of hydrogen-bond acceptors (Lipinski definition) is 5. The van der Waals surface area contributed by atoms with Crippen LogP contribution in [0, 0.1) is 0 Å². The summed E-state index contributed by atoms with van der Waals surface area (Å²) in [7, 11) is 1.51. The third-order valence-corrected chi connectivity index (χ3v) is 4.82. The molecule has 0 aromatic heterocycles. The number of methoxy groups -OCH3 is 1. The molecule has 1 heterocycles. The van der Waals surface area contributed by atoms with Crippen molar-refractivity contribution in [1.82, 2.24) is 10.2 Å². The van der Waals surface area contributed by atoms with Gasteiger partial charge in [0.25, 0.3) is 11.8 Å². The normalized spacial score (nSPS) is 13.8. The number of amides is 2. The van der Waals surface area contributed by atoms with Gasteiger partial charge in [-0.25, -0.2) is 0 Å². The summed E-state index contributed by atoms with van der Waals surface area (Å²) in [6, 6.07) is 14.6. The van der Waals surface area contributed by atoms with Crippen LogP contribution >= 0.6 is 0 Å². The predicted molar refractivity (Wildman–Crippen MR) is 106 cm³/mol. The van der Waals surface area contributed by atoms with E-state index in [1.165, 1.54) is 12.7 Å². The van der Waals surface area contributed by atoms with E-state index >= 15 is 0 Å². The highest BCUT2D eigenvalue weighted by Gasteiger charge is 2.27. The molecular formula is C22H24N2O5. The Bertz CT molecular complexity index is 912. The van der Waals surface area contributed by atoms with Gasteiger partial charge in [-0.15, -0.1) is 0 Å². The molecule has 0 radical (unpaired) electrons. The molecule has 7 heteroatoms. The summed E-state index contributed by atoms with van der Waals surface area (Å²) >= 11 is 0. The predicted octanol–water partition coefficient (Wildman–Crippen LogP) is 1.94. The SMILES string of the molecule is COc1cccc(C(=O)NCC(=O)O[C@H](C)C(=O)N2CCc3ccccc3C2)c1. The third-order valence-electron chi connectivity index (χ3n) is 4.82. The van der Waals surface area contributed by atoms with Crippen molar-refractivity contribution in [3.8, 4) is 5.75 Å². The van der Waals surface area contributed by atoms with Crippen molar-refractivity contribution >= 4 is 17.8 Å². The number of carbonyl (C=O) groups is 3. The molecule has 7 nitrogen and oxygen atoms in total. The molecule has 0 saturated carbocycles. The quantitative estimate of drug-likeness (QED) is 0.755. The van der Waals surface area contributed by atoms with Crippen molar-refractivity contribution in [2.45, 2.75) is 26.0 Å². The second-order valence-corrected chi connectivity index (χ2v) is 6.83. The second-order valence-electron chi connectivity index (χ2n) is 6.83. The fourth-order valence-corrected chi connectivity index (χ4v) is 3.25. The number of fused-ring (bicyclic) bond motifs is 1. The zero-order valence-electron chi connectivity index (χ0n) is 16.5. The topological polar surface area (TPSA) is 84.9 Å². The summed E-state index contributed by atoms with van der Waals surface area (Å²) in [5.41, 5.74) is 2.71. The van der Waals surface area contributed by atoms with E-state index in [9.17, 15) is 14.4 Å². The average molecular weight is 396 g/mol. The van der Waals surface area contributed by atoms with Crippen LogP contribution in [0.3, 0.4) is 0 Å². The van der Waals surface area contributed by atoms with E-state index in [2.05, 4.69) is 11.4 Å². The molecule has 0 fully saturated rings. The first-order valence-electron chi connectivity index (χ1n) is 9.45. The summed E-state index contributed by atoms with van der Waals surface area (Å²) in [4.78, 5) is 38.5. The van der Waals surface area contributed by atoms with Crippen molar-refractivity contribution < 1.29 is 23.9 Å². The van der Waals surface area contributed by atoms with E-state index in [1.807, 2.05) is 18.2 Å². The van der Waals surface area contributed by atoms with Gasteiger partial charge in [0.1, 0.15) is 12.3 Å². The largest absolute Gasteiger partial charge is 0.497 e. The summed E-state index contributed by atoms with van der Waals surface area (Å²) in [5, 5.41) is 2.49. The van der Waals surface area contributed by atoms with Gasteiger partial charge in [-0.3, -0.25) is 14.4 Å². The van der Waals surface area contributed by atoms with Crippen LogP contribution in [0.5, 0.6) is 5.75 Å². The number of carbonyl (C=O) groups excluding carboxylic acids is 3. The number of rotatable bonds is 6. The van der Waals surface area contributed by atoms with Crippen molar-refractivity contribution in [3.63, 3.8) is 0 Å². The van der Waals surface area contributed by atoms with Crippen molar-refractivity contribution in [2.24, 2.45) is 0 Å². The minimum absolute atomic E-state index is 0.244. The summed E-state index contributed by atoms with van der Waals surface area (Å²) in [6.45, 7) is 2.31. The molecule has 0 unspecified atom stereocenters. The first-order chi connectivity index (χ1) is 14.0. The van der Waals surface area contributed by atoms with Gasteiger partial charge in [-0.1, -0.05) is 30.3 Å². The molecule has 1 aliphatic rings. The van der Waals surface area contributed by atoms with Crippen LogP contribution in [-0.2, 0) is 27.3 Å². The highest BCUT2D eigenvalue weighted by Crippen LogP contribution is 2.19. The number of hydrogen-bond donors (Lipinski definition) is 1. The monoisotopic (exact) mass is 396 g/mol. The molecule has 0 saturated heterocycles. The lowest BCUT2D eigenvalue weighted by atomic mass is 9.99. The Hall–Kier alpha value is -3.35. The van der Waals surface area contributed by atoms with Gasteiger partial charge in [-0.05, 0) is 42.7 Å². The maximum atomic E-state index is 12.6. The maximum absolute atomic E-state index is 12.6. The lowest BCUT2D eigenvalue weighted by molar-refractivity contribution is -0.158. The minimum atomic E-state index is -0.915. The van der Waals surface area contributed by atoms with Crippen LogP contribution in [0.1, 0.15) is 28.4 Å². The molecule has 2 aromatic rings. The Morgan fingerprint density at radius 3 is 2.62 bits per heavy atom. The van der Waals surface area contributed by atoms with Gasteiger partial charge in [0.05, 0.1) is 7.11 Å². The van der Waals surface area contributed by atoms with Crippen LogP contribution in [0.4, 0.5) is 0 Å². The molecule has 29 heavy (non-hydrogen) atoms. The fourth-order valence-electron chi connectivity index (χ4n) is 3.25. The smallest absolute Gasteiger partial charge is 0.326 e. The Morgan fingerprint density at radius 2 is 1.86 bits per heavy atom. The van der Waals surface area contributed by atoms with Crippen LogP contribution in [0.2, 0.25) is 0 Å². The van der Waals surface area contributed by atoms with Gasteiger partial charge in [0.15, 0.2) is 6.10 Å². The van der Waals surface area contributed by atoms with E-state index in [4.69, 9.17) is 9.47 Å². The van der Waals surface area contributed by atoms with Crippen molar-refractivity contribution in [1.29, 1.82) is 0 Å². The number of ether oxygens (including phenoxy) is 2. The number of benzene rings is 2. The second kappa shape index (κ2) is 9.23. The molecule has 0 spiro atoms. The van der Waals surface area contributed by atoms with Crippen LogP contribution in [0.15, 0.2) is 48.5 Å². The van der Waals surface area contributed by atoms with E-state index in [0.717, 1.165) is 12.0 Å². The Balaban J connectivity index is 1.48. The van der Waals surface area contributed by atoms with Crippen LogP contribution in [-0.4, -0.2) is 49.0 Å². The molecule has 0 bridgehead atoms. The molecule has 0 aliphatic carbocycles. The Kier molecular flexibility index (Phi) is 6.49. The summed E-state index contributed by atoms with van der Waals surface area (Å²) in [5.74, 6) is -0.790. The van der Waals surface area contributed by atoms with E-state index in [0.29, 0.717) is 24.4 Å². The molecule has 2 aromatic carbocycles. The average Bonchev–Trinajstić information content (AvgIpc) is 2.76. The third kappa shape index (κ3) is 5.13. The minimum Gasteiger partial charge on any atom is -0.497 e. The highest BCUT2D eigenvalue weighted by atomic mass is 16.5. The number of nitrogens with one attached hydrogen (secondary N) is 1. The zero-order valence-corrected chi connectivity index (χ0v) is 16.5. The fraction of sp³-hybridized carbons (Fsp3) is 0.318. The summed E-state index contributed by atoms with van der Waals surface area (Å²) < 4.78 is 10.3. The van der Waals surface area contributed by atoms with E-state index in [1.54, 1.807) is 36.1 Å². The molecule has 3 rings (SSSR count). The zero-order chi connectivity index (χ0) is 20.8. The first kappa shape index (κ1) is 20.4. The van der Waals surface area contributed by atoms with Crippen LogP contribution < -0.4 is 10.1 Å². The molecule has 1 N–H and O–H groups in total. The molecule has 1 aliphatic heterocycles. The molecule has 152 valence electrons. The lowest BCUT2D eigenvalue weighted by Crippen LogP contribution is -2.43. The Morgan fingerprint density at radius 1 is 1.10 bits per heavy atom. The Labute approximate surface area is 169 Å². The van der Waals surface area contributed by atoms with Gasteiger partial charge >= 0.3 is 5.97 Å². The summed E-state index contributed by atoms with van der Waals surface area (Å²) in [6.07, 6.45) is -0.138. The van der Waals surface area contributed by atoms with Gasteiger partial charge < -0.3 is 19.7 Å². The molecule has 1 atom stereocenters. The van der Waals surface area contributed by atoms with Gasteiger partial charge in [0, 0.05) is 18.7 Å². The van der Waals surface area contributed by atoms with Crippen molar-refractivity contribution in [2.75, 3.05) is 20.2 Å². The van der Waals surface area contributed by atoms with Gasteiger partial charge in [0.2, 0.25) is 0 Å². The van der Waals surface area contributed by atoms with Crippen LogP contribution in [0.25, 0.3) is 0 Å². The maximum Gasteiger partial charge on any atom is 0.326 e. The van der Waals surface area contributed by atoms with Gasteiger partial charge in [-0.2, -0.15) is 0 Å². The standard InChI is InChI=1S/C22H24N2O5/c1-15(22(27)24-11-10-16-6-3-4-7-18(16)14-24)29-20(25)13-23-21(26)17-8-5-9-19(12-17)28-2/h3-9,12,15H,10-11,13-14H2,1-2H3,(H,23,26)/t15-/m1/s1. The molecular weight excluding hydrogens is 372 g/mol. The number of nitrogens with zero attached hydrogens (tertiary/aromatic N) is 1. The van der Waals surface area contributed by atoms with E-state index < -0.39 is 18.0 Å². The van der Waals surface area contributed by atoms with Crippen molar-refractivity contribution in [3.05, 3.63) is 65.2 Å². The lowest BCUT2D eigenvalue weighted by Gasteiger charge is -2.30.